The molecule has 0 unspecified atom stereocenters. The third-order valence-electron chi connectivity index (χ3n) is 2.04. The lowest BCUT2D eigenvalue weighted by molar-refractivity contribution is 0.304. The molecule has 0 aliphatic rings. The van der Waals surface area contributed by atoms with Crippen molar-refractivity contribution in [1.29, 1.82) is 0 Å². The smallest absolute Gasteiger partial charge is 0.232 e. The zero-order valence-electron chi connectivity index (χ0n) is 9.39. The van der Waals surface area contributed by atoms with Crippen LogP contribution in [0.3, 0.4) is 0 Å². The highest BCUT2D eigenvalue weighted by atomic mass is 35.5. The van der Waals surface area contributed by atoms with Gasteiger partial charge in [0.25, 0.3) is 0 Å². The Morgan fingerprint density at radius 2 is 2.18 bits per heavy atom. The molecule has 0 bridgehead atoms. The average Bonchev–Trinajstić information content (AvgIpc) is 2.86. The quantitative estimate of drug-likeness (QED) is 0.767. The van der Waals surface area contributed by atoms with Crippen molar-refractivity contribution in [2.24, 2.45) is 0 Å². The standard InChI is InChI=1S/C11H12ClN3O2/c1-2-3-16-11-7-13-10(6-14-11)9-4-8(5-12)17-15-9/h4,6-7H,2-3,5H2,1H3. The fourth-order valence-corrected chi connectivity index (χ4v) is 1.35. The Labute approximate surface area is 104 Å². The molecular formula is C11H12ClN3O2. The molecule has 0 spiro atoms. The van der Waals surface area contributed by atoms with E-state index in [1.165, 1.54) is 0 Å². The Bertz CT molecular complexity index is 470. The lowest BCUT2D eigenvalue weighted by Crippen LogP contribution is -1.98. The van der Waals surface area contributed by atoms with Crippen LogP contribution >= 0.6 is 11.6 Å². The molecule has 0 saturated carbocycles. The largest absolute Gasteiger partial charge is 0.477 e. The highest BCUT2D eigenvalue weighted by molar-refractivity contribution is 6.16. The van der Waals surface area contributed by atoms with Gasteiger partial charge in [0.15, 0.2) is 5.76 Å². The van der Waals surface area contributed by atoms with Gasteiger partial charge in [-0.1, -0.05) is 12.1 Å². The van der Waals surface area contributed by atoms with E-state index >= 15 is 0 Å². The maximum Gasteiger partial charge on any atom is 0.232 e. The van der Waals surface area contributed by atoms with Crippen molar-refractivity contribution < 1.29 is 9.26 Å². The number of aromatic nitrogens is 3. The number of halogens is 1. The van der Waals surface area contributed by atoms with Gasteiger partial charge in [-0.2, -0.15) is 0 Å². The monoisotopic (exact) mass is 253 g/mol. The maximum atomic E-state index is 5.62. The van der Waals surface area contributed by atoms with E-state index in [0.717, 1.165) is 6.42 Å². The van der Waals surface area contributed by atoms with Gasteiger partial charge in [-0.05, 0) is 6.42 Å². The summed E-state index contributed by atoms with van der Waals surface area (Å²) in [5.41, 5.74) is 1.25. The number of nitrogens with zero attached hydrogens (tertiary/aromatic N) is 3. The third-order valence-corrected chi connectivity index (χ3v) is 2.30. The van der Waals surface area contributed by atoms with Crippen LogP contribution < -0.4 is 4.74 Å². The Balaban J connectivity index is 2.11. The van der Waals surface area contributed by atoms with Crippen LogP contribution in [-0.2, 0) is 5.88 Å². The van der Waals surface area contributed by atoms with Crippen molar-refractivity contribution in [2.45, 2.75) is 19.2 Å². The van der Waals surface area contributed by atoms with E-state index in [9.17, 15) is 0 Å². The van der Waals surface area contributed by atoms with Crippen molar-refractivity contribution in [1.82, 2.24) is 15.1 Å². The number of ether oxygens (including phenoxy) is 1. The molecule has 0 aliphatic carbocycles. The predicted octanol–water partition coefficient (Wildman–Crippen LogP) is 2.66. The molecule has 0 N–H and O–H groups in total. The fraction of sp³-hybridized carbons (Fsp3) is 0.364. The van der Waals surface area contributed by atoms with Gasteiger partial charge in [-0.25, -0.2) is 9.97 Å². The van der Waals surface area contributed by atoms with E-state index in [-0.39, 0.29) is 5.88 Å². The molecule has 17 heavy (non-hydrogen) atoms. The van der Waals surface area contributed by atoms with Gasteiger partial charge >= 0.3 is 0 Å². The topological polar surface area (TPSA) is 61.0 Å². The molecule has 0 amide bonds. The maximum absolute atomic E-state index is 5.62. The van der Waals surface area contributed by atoms with Crippen molar-refractivity contribution in [3.8, 4) is 17.3 Å². The van der Waals surface area contributed by atoms with E-state index in [4.69, 9.17) is 20.9 Å². The van der Waals surface area contributed by atoms with Gasteiger partial charge in [-0.3, -0.25) is 0 Å². The molecule has 90 valence electrons. The number of rotatable bonds is 5. The molecule has 6 heteroatoms. The van der Waals surface area contributed by atoms with Gasteiger partial charge in [0.05, 0.1) is 24.9 Å². The van der Waals surface area contributed by atoms with Gasteiger partial charge in [-0.15, -0.1) is 11.6 Å². The first-order valence-electron chi connectivity index (χ1n) is 5.30. The highest BCUT2D eigenvalue weighted by Crippen LogP contribution is 2.18. The van der Waals surface area contributed by atoms with Crippen LogP contribution in [0, 0.1) is 0 Å². The van der Waals surface area contributed by atoms with Gasteiger partial charge in [0, 0.05) is 6.07 Å². The van der Waals surface area contributed by atoms with E-state index < -0.39 is 0 Å². The van der Waals surface area contributed by atoms with Crippen LogP contribution in [0.1, 0.15) is 19.1 Å². The van der Waals surface area contributed by atoms with E-state index in [1.54, 1.807) is 18.5 Å². The van der Waals surface area contributed by atoms with Crippen molar-refractivity contribution in [3.05, 3.63) is 24.2 Å². The van der Waals surface area contributed by atoms with E-state index in [1.807, 2.05) is 6.92 Å². The summed E-state index contributed by atoms with van der Waals surface area (Å²) in [6.07, 6.45) is 4.10. The molecule has 0 atom stereocenters. The van der Waals surface area contributed by atoms with Crippen LogP contribution in [0.25, 0.3) is 11.4 Å². The average molecular weight is 254 g/mol. The molecule has 2 heterocycles. The minimum absolute atomic E-state index is 0.290. The SMILES string of the molecule is CCCOc1cnc(-c2cc(CCl)on2)cn1. The molecule has 0 radical (unpaired) electrons. The predicted molar refractivity (Wildman–Crippen MR) is 62.9 cm³/mol. The summed E-state index contributed by atoms with van der Waals surface area (Å²) in [7, 11) is 0. The second-order valence-electron chi connectivity index (χ2n) is 3.40. The van der Waals surface area contributed by atoms with E-state index in [2.05, 4.69) is 15.1 Å². The molecular weight excluding hydrogens is 242 g/mol. The van der Waals surface area contributed by atoms with Crippen LogP contribution in [-0.4, -0.2) is 21.7 Å². The first kappa shape index (κ1) is 11.9. The van der Waals surface area contributed by atoms with Crippen LogP contribution in [0.2, 0.25) is 0 Å². The van der Waals surface area contributed by atoms with Crippen molar-refractivity contribution >= 4 is 11.6 Å². The van der Waals surface area contributed by atoms with Crippen LogP contribution in [0.15, 0.2) is 23.0 Å². The number of alkyl halides is 1. The fourth-order valence-electron chi connectivity index (χ4n) is 1.23. The molecule has 2 rings (SSSR count). The summed E-state index contributed by atoms with van der Waals surface area (Å²) in [5.74, 6) is 1.41. The Hall–Kier alpha value is -1.62. The molecule has 5 nitrogen and oxygen atoms in total. The summed E-state index contributed by atoms with van der Waals surface area (Å²) in [6.45, 7) is 2.67. The van der Waals surface area contributed by atoms with Crippen LogP contribution in [0.5, 0.6) is 5.88 Å². The Kier molecular flexibility index (Phi) is 3.93. The summed E-state index contributed by atoms with van der Waals surface area (Å²) < 4.78 is 10.3. The molecule has 0 aromatic carbocycles. The molecule has 2 aromatic heterocycles. The Morgan fingerprint density at radius 3 is 2.76 bits per heavy atom. The molecule has 0 aliphatic heterocycles. The summed E-state index contributed by atoms with van der Waals surface area (Å²) >= 11 is 5.62. The number of hydrogen-bond acceptors (Lipinski definition) is 5. The van der Waals surface area contributed by atoms with Crippen molar-refractivity contribution in [3.63, 3.8) is 0 Å². The highest BCUT2D eigenvalue weighted by Gasteiger charge is 2.07. The summed E-state index contributed by atoms with van der Waals surface area (Å²) in [4.78, 5) is 8.32. The zero-order valence-corrected chi connectivity index (χ0v) is 10.1. The summed E-state index contributed by atoms with van der Waals surface area (Å²) in [5, 5.41) is 3.85. The van der Waals surface area contributed by atoms with Gasteiger partial charge in [0.1, 0.15) is 11.4 Å². The van der Waals surface area contributed by atoms with E-state index in [0.29, 0.717) is 29.6 Å². The number of hydrogen-bond donors (Lipinski definition) is 0. The molecule has 0 fully saturated rings. The minimum Gasteiger partial charge on any atom is -0.477 e. The second-order valence-corrected chi connectivity index (χ2v) is 3.67. The first-order chi connectivity index (χ1) is 8.33. The second kappa shape index (κ2) is 5.63. The third kappa shape index (κ3) is 2.94. The zero-order chi connectivity index (χ0) is 12.1. The normalized spacial score (nSPS) is 10.5. The lowest BCUT2D eigenvalue weighted by Gasteiger charge is -2.02. The summed E-state index contributed by atoms with van der Waals surface area (Å²) in [6, 6.07) is 1.74. The molecule has 0 saturated heterocycles. The van der Waals surface area contributed by atoms with Gasteiger partial charge in [0.2, 0.25) is 5.88 Å². The lowest BCUT2D eigenvalue weighted by atomic mass is 10.3. The van der Waals surface area contributed by atoms with Crippen molar-refractivity contribution in [2.75, 3.05) is 6.61 Å². The first-order valence-corrected chi connectivity index (χ1v) is 5.83. The Morgan fingerprint density at radius 1 is 1.29 bits per heavy atom. The molecule has 2 aromatic rings. The van der Waals surface area contributed by atoms with Crippen LogP contribution in [0.4, 0.5) is 0 Å². The van der Waals surface area contributed by atoms with Gasteiger partial charge < -0.3 is 9.26 Å². The minimum atomic E-state index is 0.290.